The molecule has 3 rings (SSSR count). The molecule has 0 saturated carbocycles. The Labute approximate surface area is 151 Å². The van der Waals surface area contributed by atoms with Gasteiger partial charge in [0.1, 0.15) is 17.0 Å². The third-order valence-corrected chi connectivity index (χ3v) is 5.11. The maximum Gasteiger partial charge on any atom is 0.410 e. The number of likely N-dealkylation sites (tertiary alicyclic amines) is 1. The highest BCUT2D eigenvalue weighted by molar-refractivity contribution is 9.10. The Hall–Kier alpha value is -1.27. The minimum Gasteiger partial charge on any atom is -0.487 e. The van der Waals surface area contributed by atoms with Crippen molar-refractivity contribution in [1.29, 1.82) is 0 Å². The zero-order chi connectivity index (χ0) is 17.5. The Bertz CT molecular complexity index is 634. The fraction of sp³-hybridized carbons (Fsp3) is 0.611. The van der Waals surface area contributed by atoms with Gasteiger partial charge in [-0.25, -0.2) is 4.79 Å². The summed E-state index contributed by atoms with van der Waals surface area (Å²) in [5.74, 6) is 0.864. The molecule has 0 radical (unpaired) electrons. The van der Waals surface area contributed by atoms with Crippen molar-refractivity contribution in [2.24, 2.45) is 5.73 Å². The first-order valence-corrected chi connectivity index (χ1v) is 9.19. The molecule has 1 spiro atoms. The Morgan fingerprint density at radius 1 is 1.38 bits per heavy atom. The lowest BCUT2D eigenvalue weighted by Gasteiger charge is -2.46. The molecule has 0 aliphatic carbocycles. The van der Waals surface area contributed by atoms with Crippen LogP contribution >= 0.6 is 15.9 Å². The number of piperidine rings is 1. The average Bonchev–Trinajstić information content (AvgIpc) is 2.47. The van der Waals surface area contributed by atoms with E-state index in [0.29, 0.717) is 13.1 Å². The molecular formula is C18H25BrN2O3. The first kappa shape index (κ1) is 17.5. The monoisotopic (exact) mass is 396 g/mol. The lowest BCUT2D eigenvalue weighted by Crippen LogP contribution is -2.53. The van der Waals surface area contributed by atoms with Crippen LogP contribution in [0.25, 0.3) is 0 Å². The number of halogens is 1. The number of amides is 1. The van der Waals surface area contributed by atoms with Crippen LogP contribution in [0.2, 0.25) is 0 Å². The second-order valence-electron chi connectivity index (χ2n) is 7.75. The van der Waals surface area contributed by atoms with Crippen LogP contribution in [-0.4, -0.2) is 35.3 Å². The number of nitrogens with two attached hydrogens (primary N) is 1. The molecule has 1 atom stereocenters. The van der Waals surface area contributed by atoms with E-state index in [9.17, 15) is 4.79 Å². The quantitative estimate of drug-likeness (QED) is 0.719. The van der Waals surface area contributed by atoms with Gasteiger partial charge in [-0.05, 0) is 39.0 Å². The first-order valence-electron chi connectivity index (χ1n) is 8.39. The molecule has 0 bridgehead atoms. The Kier molecular flexibility index (Phi) is 4.55. The van der Waals surface area contributed by atoms with E-state index in [1.54, 1.807) is 4.90 Å². The van der Waals surface area contributed by atoms with Gasteiger partial charge in [-0.2, -0.15) is 0 Å². The molecule has 2 aliphatic rings. The molecule has 0 aromatic heterocycles. The Morgan fingerprint density at radius 3 is 2.67 bits per heavy atom. The maximum atomic E-state index is 12.2. The largest absolute Gasteiger partial charge is 0.487 e. The van der Waals surface area contributed by atoms with Gasteiger partial charge in [-0.3, -0.25) is 0 Å². The summed E-state index contributed by atoms with van der Waals surface area (Å²) in [6.07, 6.45) is 2.07. The molecule has 2 aliphatic heterocycles. The number of nitrogens with zero attached hydrogens (tertiary/aromatic N) is 1. The topological polar surface area (TPSA) is 64.8 Å². The zero-order valence-corrected chi connectivity index (χ0v) is 16.1. The van der Waals surface area contributed by atoms with Gasteiger partial charge in [0.25, 0.3) is 0 Å². The van der Waals surface area contributed by atoms with Crippen LogP contribution in [-0.2, 0) is 4.74 Å². The molecule has 2 heterocycles. The fourth-order valence-corrected chi connectivity index (χ4v) is 3.80. The minimum atomic E-state index is -0.470. The highest BCUT2D eigenvalue weighted by Crippen LogP contribution is 2.44. The van der Waals surface area contributed by atoms with Gasteiger partial charge in [-0.1, -0.05) is 15.9 Å². The van der Waals surface area contributed by atoms with E-state index in [1.807, 2.05) is 39.0 Å². The van der Waals surface area contributed by atoms with Crippen LogP contribution in [0.4, 0.5) is 4.79 Å². The molecule has 132 valence electrons. The second kappa shape index (κ2) is 6.23. The fourth-order valence-electron chi connectivity index (χ4n) is 3.42. The van der Waals surface area contributed by atoms with E-state index in [-0.39, 0.29) is 17.7 Å². The summed E-state index contributed by atoms with van der Waals surface area (Å²) in [6, 6.07) is 5.93. The number of hydrogen-bond acceptors (Lipinski definition) is 4. The van der Waals surface area contributed by atoms with Crippen LogP contribution in [0.15, 0.2) is 22.7 Å². The van der Waals surface area contributed by atoms with E-state index in [0.717, 1.165) is 35.0 Å². The number of carbonyl (C=O) groups is 1. The molecule has 1 aromatic carbocycles. The van der Waals surface area contributed by atoms with Gasteiger partial charge in [-0.15, -0.1) is 0 Å². The molecule has 1 saturated heterocycles. The van der Waals surface area contributed by atoms with E-state index >= 15 is 0 Å². The van der Waals surface area contributed by atoms with Crippen molar-refractivity contribution in [2.75, 3.05) is 13.1 Å². The number of benzene rings is 1. The van der Waals surface area contributed by atoms with Crippen molar-refractivity contribution < 1.29 is 14.3 Å². The van der Waals surface area contributed by atoms with Crippen molar-refractivity contribution in [3.05, 3.63) is 28.2 Å². The van der Waals surface area contributed by atoms with Crippen molar-refractivity contribution >= 4 is 22.0 Å². The third-order valence-electron chi connectivity index (χ3n) is 4.62. The first-order chi connectivity index (χ1) is 11.2. The van der Waals surface area contributed by atoms with Crippen molar-refractivity contribution in [2.45, 2.75) is 57.3 Å². The smallest absolute Gasteiger partial charge is 0.410 e. The van der Waals surface area contributed by atoms with Crippen LogP contribution in [0.3, 0.4) is 0 Å². The standard InChI is InChI=1S/C18H25BrN2O3/c1-17(2,3)24-16(22)21-8-6-18(7-9-21)11-14(20)13-10-12(19)4-5-15(13)23-18/h4-5,10,14H,6-9,11,20H2,1-3H3/t14-/m0/s1. The Morgan fingerprint density at radius 2 is 2.04 bits per heavy atom. The van der Waals surface area contributed by atoms with Crippen LogP contribution in [0.5, 0.6) is 5.75 Å². The van der Waals surface area contributed by atoms with Crippen molar-refractivity contribution in [3.8, 4) is 5.75 Å². The normalized spacial score (nSPS) is 22.7. The summed E-state index contributed by atoms with van der Waals surface area (Å²) in [5.41, 5.74) is 6.69. The summed E-state index contributed by atoms with van der Waals surface area (Å²) >= 11 is 3.48. The highest BCUT2D eigenvalue weighted by atomic mass is 79.9. The summed E-state index contributed by atoms with van der Waals surface area (Å²) in [5, 5.41) is 0. The predicted molar refractivity (Wildman–Crippen MR) is 96.1 cm³/mol. The molecule has 2 N–H and O–H groups in total. The number of fused-ring (bicyclic) bond motifs is 1. The molecule has 1 amide bonds. The van der Waals surface area contributed by atoms with Crippen molar-refractivity contribution in [3.63, 3.8) is 0 Å². The zero-order valence-electron chi connectivity index (χ0n) is 14.5. The number of rotatable bonds is 0. The lowest BCUT2D eigenvalue weighted by molar-refractivity contribution is -0.0320. The Balaban J connectivity index is 1.68. The van der Waals surface area contributed by atoms with E-state index in [4.69, 9.17) is 15.2 Å². The highest BCUT2D eigenvalue weighted by Gasteiger charge is 2.43. The molecule has 24 heavy (non-hydrogen) atoms. The van der Waals surface area contributed by atoms with Gasteiger partial charge < -0.3 is 20.1 Å². The van der Waals surface area contributed by atoms with E-state index in [2.05, 4.69) is 15.9 Å². The molecule has 5 nitrogen and oxygen atoms in total. The SMILES string of the molecule is CC(C)(C)OC(=O)N1CCC2(CC1)C[C@H](N)c1cc(Br)ccc1O2. The maximum absolute atomic E-state index is 12.2. The molecule has 1 fully saturated rings. The number of ether oxygens (including phenoxy) is 2. The molecular weight excluding hydrogens is 372 g/mol. The average molecular weight is 397 g/mol. The molecule has 6 heteroatoms. The van der Waals surface area contributed by atoms with Gasteiger partial charge in [0, 0.05) is 48.4 Å². The second-order valence-corrected chi connectivity index (χ2v) is 8.66. The third kappa shape index (κ3) is 3.70. The summed E-state index contributed by atoms with van der Waals surface area (Å²) in [6.45, 7) is 6.92. The number of hydrogen-bond donors (Lipinski definition) is 1. The van der Waals surface area contributed by atoms with Crippen LogP contribution in [0.1, 0.15) is 51.6 Å². The van der Waals surface area contributed by atoms with Gasteiger partial charge in [0.2, 0.25) is 0 Å². The van der Waals surface area contributed by atoms with Crippen LogP contribution < -0.4 is 10.5 Å². The lowest BCUT2D eigenvalue weighted by atomic mass is 9.81. The van der Waals surface area contributed by atoms with Crippen molar-refractivity contribution in [1.82, 2.24) is 4.90 Å². The van der Waals surface area contributed by atoms with Gasteiger partial charge >= 0.3 is 6.09 Å². The predicted octanol–water partition coefficient (Wildman–Crippen LogP) is 4.00. The van der Waals surface area contributed by atoms with E-state index < -0.39 is 5.60 Å². The minimum absolute atomic E-state index is 0.0423. The van der Waals surface area contributed by atoms with Gasteiger partial charge in [0.15, 0.2) is 0 Å². The molecule has 0 unspecified atom stereocenters. The molecule has 1 aromatic rings. The van der Waals surface area contributed by atoms with Crippen LogP contribution in [0, 0.1) is 0 Å². The van der Waals surface area contributed by atoms with Gasteiger partial charge in [0.05, 0.1) is 0 Å². The summed E-state index contributed by atoms with van der Waals surface area (Å²) in [7, 11) is 0. The summed E-state index contributed by atoms with van der Waals surface area (Å²) in [4.78, 5) is 14.0. The summed E-state index contributed by atoms with van der Waals surface area (Å²) < 4.78 is 12.8. The number of carbonyl (C=O) groups excluding carboxylic acids is 1. The van der Waals surface area contributed by atoms with E-state index in [1.165, 1.54) is 0 Å².